The second-order valence-corrected chi connectivity index (χ2v) is 3.31. The quantitative estimate of drug-likeness (QED) is 0.588. The maximum atomic E-state index is 11.1. The number of carbonyl (C=O) groups is 1. The zero-order valence-corrected chi connectivity index (χ0v) is 8.99. The molecule has 0 aromatic carbocycles. The zero-order chi connectivity index (χ0) is 11.4. The topological polar surface area (TPSA) is 63.2 Å². The molecular formula is C11H13N3O2. The fourth-order valence-electron chi connectivity index (χ4n) is 1.41. The number of hydrogen-bond acceptors (Lipinski definition) is 5. The molecule has 1 aliphatic rings. The van der Waals surface area contributed by atoms with E-state index in [2.05, 4.69) is 15.8 Å². The summed E-state index contributed by atoms with van der Waals surface area (Å²) in [6, 6.07) is 3.84. The number of esters is 1. The molecule has 0 aliphatic carbocycles. The predicted molar refractivity (Wildman–Crippen MR) is 60.4 cm³/mol. The number of nitrogens with zero attached hydrogens (tertiary/aromatic N) is 1. The second kappa shape index (κ2) is 4.76. The third-order valence-corrected chi connectivity index (χ3v) is 2.16. The maximum Gasteiger partial charge on any atom is 0.330 e. The van der Waals surface area contributed by atoms with E-state index in [1.54, 1.807) is 13.0 Å². The molecule has 0 fully saturated rings. The average Bonchev–Trinajstić information content (AvgIpc) is 2.74. The van der Waals surface area contributed by atoms with E-state index in [-0.39, 0.29) is 5.97 Å². The molecule has 0 bridgehead atoms. The van der Waals surface area contributed by atoms with Crippen molar-refractivity contribution in [1.29, 1.82) is 0 Å². The number of hydrazine groups is 1. The van der Waals surface area contributed by atoms with Crippen molar-refractivity contribution < 1.29 is 9.53 Å². The number of hydrogen-bond donors (Lipinski definition) is 2. The number of rotatable bonds is 3. The standard InChI is InChI=1S/C11H13N3O2/c1-2-16-10(15)6-5-9-4-3-8-7-12-14-11(8)13-9/h3-6,12H,2,7H2,1H3,(H,13,14). The number of nitrogens with one attached hydrogen (secondary N) is 2. The Labute approximate surface area is 93.5 Å². The molecule has 5 nitrogen and oxygen atoms in total. The fourth-order valence-corrected chi connectivity index (χ4v) is 1.41. The van der Waals surface area contributed by atoms with Gasteiger partial charge in [-0.2, -0.15) is 0 Å². The maximum absolute atomic E-state index is 11.1. The molecule has 0 unspecified atom stereocenters. The van der Waals surface area contributed by atoms with Crippen LogP contribution >= 0.6 is 0 Å². The first-order valence-corrected chi connectivity index (χ1v) is 5.13. The number of anilines is 1. The van der Waals surface area contributed by atoms with E-state index in [0.717, 1.165) is 23.6 Å². The highest BCUT2D eigenvalue weighted by Crippen LogP contribution is 2.17. The molecule has 1 aromatic rings. The Morgan fingerprint density at radius 1 is 1.62 bits per heavy atom. The molecule has 2 heterocycles. The summed E-state index contributed by atoms with van der Waals surface area (Å²) in [6.07, 6.45) is 3.01. The van der Waals surface area contributed by atoms with Crippen molar-refractivity contribution in [3.05, 3.63) is 29.5 Å². The van der Waals surface area contributed by atoms with Crippen LogP contribution in [0.1, 0.15) is 18.2 Å². The molecule has 0 spiro atoms. The van der Waals surface area contributed by atoms with Crippen LogP contribution in [-0.4, -0.2) is 17.6 Å². The van der Waals surface area contributed by atoms with Gasteiger partial charge in [0, 0.05) is 18.2 Å². The highest BCUT2D eigenvalue weighted by atomic mass is 16.5. The lowest BCUT2D eigenvalue weighted by molar-refractivity contribution is -0.137. The van der Waals surface area contributed by atoms with Gasteiger partial charge in [0.05, 0.1) is 12.3 Å². The summed E-state index contributed by atoms with van der Waals surface area (Å²) >= 11 is 0. The molecule has 0 radical (unpaired) electrons. The molecule has 0 saturated heterocycles. The first-order chi connectivity index (χ1) is 7.79. The summed E-state index contributed by atoms with van der Waals surface area (Å²) in [4.78, 5) is 15.4. The number of aromatic nitrogens is 1. The van der Waals surface area contributed by atoms with E-state index in [4.69, 9.17) is 4.74 Å². The number of fused-ring (bicyclic) bond motifs is 1. The average molecular weight is 219 g/mol. The van der Waals surface area contributed by atoms with Crippen LogP contribution in [0, 0.1) is 0 Å². The first-order valence-electron chi connectivity index (χ1n) is 5.13. The summed E-state index contributed by atoms with van der Waals surface area (Å²) in [7, 11) is 0. The van der Waals surface area contributed by atoms with E-state index >= 15 is 0 Å². The Bertz CT molecular complexity index is 429. The zero-order valence-electron chi connectivity index (χ0n) is 8.99. The van der Waals surface area contributed by atoms with E-state index in [0.29, 0.717) is 6.61 Å². The van der Waals surface area contributed by atoms with Crippen molar-refractivity contribution in [2.45, 2.75) is 13.5 Å². The summed E-state index contributed by atoms with van der Waals surface area (Å²) in [6.45, 7) is 2.92. The van der Waals surface area contributed by atoms with Crippen molar-refractivity contribution in [2.75, 3.05) is 12.0 Å². The molecule has 1 aromatic heterocycles. The van der Waals surface area contributed by atoms with Gasteiger partial charge in [-0.15, -0.1) is 0 Å². The van der Waals surface area contributed by atoms with Crippen LogP contribution in [0.25, 0.3) is 6.08 Å². The molecule has 0 atom stereocenters. The van der Waals surface area contributed by atoms with Crippen LogP contribution in [0.5, 0.6) is 0 Å². The van der Waals surface area contributed by atoms with Crippen molar-refractivity contribution in [3.8, 4) is 0 Å². The number of ether oxygens (including phenoxy) is 1. The third-order valence-electron chi connectivity index (χ3n) is 2.16. The predicted octanol–water partition coefficient (Wildman–Crippen LogP) is 1.09. The molecule has 2 rings (SSSR count). The molecule has 0 amide bonds. The number of pyridine rings is 1. The van der Waals surface area contributed by atoms with Crippen LogP contribution in [0.3, 0.4) is 0 Å². The van der Waals surface area contributed by atoms with Gasteiger partial charge in [-0.25, -0.2) is 15.2 Å². The highest BCUT2D eigenvalue weighted by Gasteiger charge is 2.10. The molecular weight excluding hydrogens is 206 g/mol. The summed E-state index contributed by atoms with van der Waals surface area (Å²) in [5.74, 6) is 0.460. The van der Waals surface area contributed by atoms with Gasteiger partial charge in [0.15, 0.2) is 0 Å². The fraction of sp³-hybridized carbons (Fsp3) is 0.273. The van der Waals surface area contributed by atoms with Crippen molar-refractivity contribution in [3.63, 3.8) is 0 Å². The van der Waals surface area contributed by atoms with Crippen LogP contribution in [-0.2, 0) is 16.1 Å². The minimum absolute atomic E-state index is 0.351. The molecule has 16 heavy (non-hydrogen) atoms. The van der Waals surface area contributed by atoms with Gasteiger partial charge >= 0.3 is 5.97 Å². The van der Waals surface area contributed by atoms with Crippen LogP contribution < -0.4 is 10.9 Å². The molecule has 5 heteroatoms. The van der Waals surface area contributed by atoms with Crippen LogP contribution in [0.15, 0.2) is 18.2 Å². The summed E-state index contributed by atoms with van der Waals surface area (Å²) in [5.41, 5.74) is 7.76. The highest BCUT2D eigenvalue weighted by molar-refractivity contribution is 5.86. The SMILES string of the molecule is CCOC(=O)C=Cc1ccc2c(n1)NNC2. The van der Waals surface area contributed by atoms with Gasteiger partial charge in [-0.05, 0) is 19.1 Å². The Balaban J connectivity index is 2.08. The van der Waals surface area contributed by atoms with E-state index < -0.39 is 0 Å². The normalized spacial score (nSPS) is 13.6. The Morgan fingerprint density at radius 2 is 2.50 bits per heavy atom. The molecule has 1 aliphatic heterocycles. The molecule has 2 N–H and O–H groups in total. The Morgan fingerprint density at radius 3 is 3.31 bits per heavy atom. The third kappa shape index (κ3) is 2.38. The summed E-state index contributed by atoms with van der Waals surface area (Å²) in [5, 5.41) is 0. The van der Waals surface area contributed by atoms with Gasteiger partial charge in [-0.3, -0.25) is 0 Å². The van der Waals surface area contributed by atoms with Crippen LogP contribution in [0.4, 0.5) is 5.82 Å². The van der Waals surface area contributed by atoms with Crippen molar-refractivity contribution in [1.82, 2.24) is 10.4 Å². The van der Waals surface area contributed by atoms with E-state index in [1.807, 2.05) is 12.1 Å². The van der Waals surface area contributed by atoms with Gasteiger partial charge in [0.1, 0.15) is 5.82 Å². The first kappa shape index (κ1) is 10.6. The van der Waals surface area contributed by atoms with Crippen molar-refractivity contribution in [2.24, 2.45) is 0 Å². The molecule has 0 saturated carbocycles. The van der Waals surface area contributed by atoms with Gasteiger partial charge < -0.3 is 10.2 Å². The Hall–Kier alpha value is -1.88. The lowest BCUT2D eigenvalue weighted by Crippen LogP contribution is -2.11. The Kier molecular flexibility index (Phi) is 3.16. The minimum Gasteiger partial charge on any atom is -0.463 e. The lowest BCUT2D eigenvalue weighted by Gasteiger charge is -1.99. The monoisotopic (exact) mass is 219 g/mol. The summed E-state index contributed by atoms with van der Waals surface area (Å²) < 4.78 is 4.77. The molecule has 84 valence electrons. The van der Waals surface area contributed by atoms with Gasteiger partial charge in [-0.1, -0.05) is 6.07 Å². The van der Waals surface area contributed by atoms with Crippen LogP contribution in [0.2, 0.25) is 0 Å². The van der Waals surface area contributed by atoms with E-state index in [1.165, 1.54) is 6.08 Å². The largest absolute Gasteiger partial charge is 0.463 e. The second-order valence-electron chi connectivity index (χ2n) is 3.31. The van der Waals surface area contributed by atoms with E-state index in [9.17, 15) is 4.79 Å². The minimum atomic E-state index is -0.351. The van der Waals surface area contributed by atoms with Gasteiger partial charge in [0.2, 0.25) is 0 Å². The number of carbonyl (C=O) groups excluding carboxylic acids is 1. The van der Waals surface area contributed by atoms with Gasteiger partial charge in [0.25, 0.3) is 0 Å². The van der Waals surface area contributed by atoms with Crippen molar-refractivity contribution >= 4 is 17.9 Å². The lowest BCUT2D eigenvalue weighted by atomic mass is 10.2. The smallest absolute Gasteiger partial charge is 0.330 e.